The number of rotatable bonds is 2. The molecule has 0 bridgehead atoms. The molecule has 0 unspecified atom stereocenters. The van der Waals surface area contributed by atoms with Crippen LogP contribution >= 0.6 is 11.6 Å². The van der Waals surface area contributed by atoms with Crippen LogP contribution in [0.1, 0.15) is 29.8 Å². The molecule has 1 aliphatic rings. The number of aliphatic imine (C=N–C) groups is 1. The van der Waals surface area contributed by atoms with E-state index in [0.29, 0.717) is 18.1 Å². The second-order valence-corrected chi connectivity index (χ2v) is 4.72. The number of nitrogens with zero attached hydrogens (tertiary/aromatic N) is 1. The van der Waals surface area contributed by atoms with Crippen molar-refractivity contribution in [2.45, 2.75) is 19.4 Å². The minimum Gasteiger partial charge on any atom is -0.475 e. The highest BCUT2D eigenvalue weighted by Crippen LogP contribution is 2.21. The highest BCUT2D eigenvalue weighted by atomic mass is 35.5. The molecule has 16 heavy (non-hydrogen) atoms. The maximum atomic E-state index is 11.0. The third kappa shape index (κ3) is 2.25. The van der Waals surface area contributed by atoms with Crippen LogP contribution in [0.3, 0.4) is 0 Å². The van der Waals surface area contributed by atoms with Gasteiger partial charge in [-0.2, -0.15) is 0 Å². The fraction of sp³-hybridized carbons (Fsp3) is 0.333. The molecule has 2 rings (SSSR count). The monoisotopic (exact) mass is 237 g/mol. The Hall–Kier alpha value is -1.35. The molecule has 0 atom stereocenters. The molecule has 0 aliphatic carbocycles. The molecular weight excluding hydrogens is 226 g/mol. The average molecular weight is 238 g/mol. The van der Waals surface area contributed by atoms with Crippen LogP contribution < -0.4 is 0 Å². The standard InChI is InChI=1S/C12H12ClNO2/c1-12(2)7-16-11(14-12)9-5-3-4-8(6-9)10(13)15/h3-6H,7H2,1-2H3. The van der Waals surface area contributed by atoms with Gasteiger partial charge < -0.3 is 4.74 Å². The summed E-state index contributed by atoms with van der Waals surface area (Å²) in [5, 5.41) is -0.472. The lowest BCUT2D eigenvalue weighted by Gasteiger charge is -2.07. The van der Waals surface area contributed by atoms with E-state index in [-0.39, 0.29) is 5.54 Å². The zero-order chi connectivity index (χ0) is 11.8. The fourth-order valence-corrected chi connectivity index (χ4v) is 1.62. The number of carbonyl (C=O) groups excluding carboxylic acids is 1. The molecule has 3 nitrogen and oxygen atoms in total. The predicted octanol–water partition coefficient (Wildman–Crippen LogP) is 2.62. The first-order chi connectivity index (χ1) is 7.48. The number of benzene rings is 1. The van der Waals surface area contributed by atoms with Crippen LogP contribution in [0.5, 0.6) is 0 Å². The van der Waals surface area contributed by atoms with Crippen molar-refractivity contribution in [2.75, 3.05) is 6.61 Å². The van der Waals surface area contributed by atoms with Gasteiger partial charge >= 0.3 is 0 Å². The van der Waals surface area contributed by atoms with Crippen LogP contribution in [-0.2, 0) is 4.74 Å². The summed E-state index contributed by atoms with van der Waals surface area (Å²) in [6, 6.07) is 6.97. The van der Waals surface area contributed by atoms with Crippen molar-refractivity contribution in [3.8, 4) is 0 Å². The van der Waals surface area contributed by atoms with Gasteiger partial charge in [-0.05, 0) is 37.6 Å². The molecule has 84 valence electrons. The van der Waals surface area contributed by atoms with Gasteiger partial charge in [0.15, 0.2) is 0 Å². The molecule has 4 heteroatoms. The van der Waals surface area contributed by atoms with Crippen LogP contribution in [0.2, 0.25) is 0 Å². The normalized spacial score (nSPS) is 17.8. The van der Waals surface area contributed by atoms with E-state index in [0.717, 1.165) is 5.56 Å². The Bertz CT molecular complexity index is 466. The van der Waals surface area contributed by atoms with E-state index in [4.69, 9.17) is 16.3 Å². The maximum absolute atomic E-state index is 11.0. The van der Waals surface area contributed by atoms with Crippen molar-refractivity contribution >= 4 is 22.7 Å². The van der Waals surface area contributed by atoms with Gasteiger partial charge in [-0.3, -0.25) is 4.79 Å². The lowest BCUT2D eigenvalue weighted by molar-refractivity contribution is 0.108. The van der Waals surface area contributed by atoms with Crippen molar-refractivity contribution in [1.82, 2.24) is 0 Å². The highest BCUT2D eigenvalue weighted by molar-refractivity contribution is 6.67. The molecule has 1 aromatic carbocycles. The topological polar surface area (TPSA) is 38.7 Å². The van der Waals surface area contributed by atoms with E-state index in [1.807, 2.05) is 19.9 Å². The molecule has 0 saturated heterocycles. The van der Waals surface area contributed by atoms with Gasteiger partial charge in [0.25, 0.3) is 5.24 Å². The van der Waals surface area contributed by atoms with Crippen molar-refractivity contribution in [2.24, 2.45) is 4.99 Å². The Morgan fingerprint density at radius 1 is 1.50 bits per heavy atom. The minimum absolute atomic E-state index is 0.198. The summed E-state index contributed by atoms with van der Waals surface area (Å²) in [5.74, 6) is 0.574. The molecule has 1 aromatic rings. The van der Waals surface area contributed by atoms with E-state index in [1.54, 1.807) is 18.2 Å². The summed E-state index contributed by atoms with van der Waals surface area (Å²) >= 11 is 5.42. The lowest BCUT2D eigenvalue weighted by atomic mass is 10.1. The second-order valence-electron chi connectivity index (χ2n) is 4.37. The first kappa shape index (κ1) is 11.1. The Labute approximate surface area is 99.1 Å². The number of halogens is 1. The van der Waals surface area contributed by atoms with E-state index >= 15 is 0 Å². The Morgan fingerprint density at radius 3 is 2.81 bits per heavy atom. The Balaban J connectivity index is 2.35. The third-order valence-corrected chi connectivity index (χ3v) is 2.52. The molecule has 0 fully saturated rings. The molecule has 0 amide bonds. The Kier molecular flexibility index (Phi) is 2.72. The Morgan fingerprint density at radius 2 is 2.25 bits per heavy atom. The predicted molar refractivity (Wildman–Crippen MR) is 63.2 cm³/mol. The van der Waals surface area contributed by atoms with Crippen molar-refractivity contribution in [3.63, 3.8) is 0 Å². The number of hydrogen-bond donors (Lipinski definition) is 0. The van der Waals surface area contributed by atoms with Crippen LogP contribution in [0.25, 0.3) is 0 Å². The summed E-state index contributed by atoms with van der Waals surface area (Å²) in [4.78, 5) is 15.5. The molecule has 1 heterocycles. The summed E-state index contributed by atoms with van der Waals surface area (Å²) < 4.78 is 5.48. The van der Waals surface area contributed by atoms with Gasteiger partial charge in [0.1, 0.15) is 6.61 Å². The molecule has 0 aromatic heterocycles. The molecule has 0 spiro atoms. The molecule has 0 saturated carbocycles. The molecule has 1 aliphatic heterocycles. The quantitative estimate of drug-likeness (QED) is 0.742. The number of hydrogen-bond acceptors (Lipinski definition) is 3. The van der Waals surface area contributed by atoms with Crippen LogP contribution in [0.15, 0.2) is 29.3 Å². The van der Waals surface area contributed by atoms with E-state index in [9.17, 15) is 4.79 Å². The van der Waals surface area contributed by atoms with Gasteiger partial charge in [-0.15, -0.1) is 0 Å². The first-order valence-electron chi connectivity index (χ1n) is 5.01. The SMILES string of the molecule is CC1(C)COC(c2cccc(C(=O)Cl)c2)=N1. The summed E-state index contributed by atoms with van der Waals surface area (Å²) in [7, 11) is 0. The first-order valence-corrected chi connectivity index (χ1v) is 5.39. The minimum atomic E-state index is -0.472. The van der Waals surface area contributed by atoms with Crippen molar-refractivity contribution < 1.29 is 9.53 Å². The van der Waals surface area contributed by atoms with Gasteiger partial charge in [0.05, 0.1) is 5.54 Å². The molecule has 0 radical (unpaired) electrons. The van der Waals surface area contributed by atoms with E-state index in [2.05, 4.69) is 4.99 Å². The molecule has 0 N–H and O–H groups in total. The second kappa shape index (κ2) is 3.91. The maximum Gasteiger partial charge on any atom is 0.252 e. The summed E-state index contributed by atoms with van der Waals surface area (Å²) in [5.41, 5.74) is 1.04. The van der Waals surface area contributed by atoms with E-state index in [1.165, 1.54) is 0 Å². The van der Waals surface area contributed by atoms with Crippen LogP contribution in [-0.4, -0.2) is 23.3 Å². The highest BCUT2D eigenvalue weighted by Gasteiger charge is 2.27. The number of carbonyl (C=O) groups is 1. The van der Waals surface area contributed by atoms with E-state index < -0.39 is 5.24 Å². The van der Waals surface area contributed by atoms with Gasteiger partial charge in [0.2, 0.25) is 5.90 Å². The average Bonchev–Trinajstić information content (AvgIpc) is 2.59. The number of ether oxygens (including phenoxy) is 1. The zero-order valence-corrected chi connectivity index (χ0v) is 9.91. The summed E-state index contributed by atoms with van der Waals surface area (Å²) in [6.07, 6.45) is 0. The van der Waals surface area contributed by atoms with Crippen molar-refractivity contribution in [1.29, 1.82) is 0 Å². The van der Waals surface area contributed by atoms with Crippen molar-refractivity contribution in [3.05, 3.63) is 35.4 Å². The summed E-state index contributed by atoms with van der Waals surface area (Å²) in [6.45, 7) is 4.55. The van der Waals surface area contributed by atoms with Gasteiger partial charge in [-0.25, -0.2) is 4.99 Å². The van der Waals surface area contributed by atoms with Gasteiger partial charge in [-0.1, -0.05) is 12.1 Å². The van der Waals surface area contributed by atoms with Gasteiger partial charge in [0, 0.05) is 11.1 Å². The largest absolute Gasteiger partial charge is 0.475 e. The lowest BCUT2D eigenvalue weighted by Crippen LogP contribution is -2.17. The fourth-order valence-electron chi connectivity index (χ4n) is 1.51. The third-order valence-electron chi connectivity index (χ3n) is 2.30. The van der Waals surface area contributed by atoms with Crippen LogP contribution in [0, 0.1) is 0 Å². The molecular formula is C12H12ClNO2. The van der Waals surface area contributed by atoms with Crippen LogP contribution in [0.4, 0.5) is 0 Å². The zero-order valence-electron chi connectivity index (χ0n) is 9.16. The smallest absolute Gasteiger partial charge is 0.252 e.